The molecule has 2 saturated heterocycles. The lowest BCUT2D eigenvalue weighted by Gasteiger charge is -2.32. The number of hydrogen-bond donors (Lipinski definition) is 2. The summed E-state index contributed by atoms with van der Waals surface area (Å²) in [5, 5.41) is 0. The third-order valence-electron chi connectivity index (χ3n) is 7.04. The van der Waals surface area contributed by atoms with E-state index in [1.165, 1.54) is 13.2 Å². The van der Waals surface area contributed by atoms with Gasteiger partial charge in [-0.3, -0.25) is 0 Å². The molecule has 2 aromatic carbocycles. The first-order chi connectivity index (χ1) is 15.9. The molecule has 199 valence electrons. The van der Waals surface area contributed by atoms with E-state index in [0.717, 1.165) is 26.0 Å². The van der Waals surface area contributed by atoms with Gasteiger partial charge in [0, 0.05) is 20.4 Å². The molecule has 2 aliphatic heterocycles. The van der Waals surface area contributed by atoms with Gasteiger partial charge in [0.25, 0.3) is 0 Å². The van der Waals surface area contributed by atoms with Crippen LogP contribution in [0, 0.1) is 17.4 Å². The normalized spacial score (nSPS) is 20.1. The second-order valence-corrected chi connectivity index (χ2v) is 12.3. The third kappa shape index (κ3) is 8.01. The topological polar surface area (TPSA) is 89.0 Å². The molecule has 2 aromatic rings. The Morgan fingerprint density at radius 1 is 0.694 bits per heavy atom. The van der Waals surface area contributed by atoms with Crippen LogP contribution in [0.2, 0.25) is 0 Å². The van der Waals surface area contributed by atoms with E-state index in [9.17, 15) is 0 Å². The fourth-order valence-corrected chi connectivity index (χ4v) is 3.43. The number of nitrogens with two attached hydrogens (primary N) is 2. The highest BCUT2D eigenvalue weighted by Gasteiger charge is 2.52. The van der Waals surface area contributed by atoms with E-state index >= 15 is 0 Å². The molecule has 4 rings (SSSR count). The average molecular weight is 630 g/mol. The zero-order chi connectivity index (χ0) is 26.8. The fraction of sp³-hybridized carbons (Fsp3) is 0.538. The van der Waals surface area contributed by atoms with Gasteiger partial charge in [0.05, 0.1) is 22.4 Å². The molecular formula is C26H41B2ClIN2O4. The predicted molar refractivity (Wildman–Crippen MR) is 163 cm³/mol. The van der Waals surface area contributed by atoms with E-state index in [2.05, 4.69) is 28.7 Å². The van der Waals surface area contributed by atoms with Gasteiger partial charge in [-0.2, -0.15) is 0 Å². The molecule has 0 unspecified atom stereocenters. The molecular weight excluding hydrogens is 588 g/mol. The van der Waals surface area contributed by atoms with Crippen molar-refractivity contribution in [2.24, 2.45) is 0 Å². The van der Waals surface area contributed by atoms with E-state index in [1.54, 1.807) is 0 Å². The van der Waals surface area contributed by atoms with Crippen LogP contribution in [0.25, 0.3) is 0 Å². The maximum atomic E-state index is 6.02. The largest absolute Gasteiger partial charge is 0.496 e. The average Bonchev–Trinajstić information content (AvgIpc) is 3.08. The molecule has 0 aliphatic carbocycles. The summed E-state index contributed by atoms with van der Waals surface area (Å²) < 4.78 is 23.5. The summed E-state index contributed by atoms with van der Waals surface area (Å²) in [6.45, 7) is 20.3. The summed E-state index contributed by atoms with van der Waals surface area (Å²) in [4.78, 5) is 0. The van der Waals surface area contributed by atoms with E-state index in [4.69, 9.17) is 30.1 Å². The molecule has 0 amide bonds. The Labute approximate surface area is 238 Å². The predicted octanol–water partition coefficient (Wildman–Crippen LogP) is 5.60. The lowest BCUT2D eigenvalue weighted by atomic mass is 9.77. The fourth-order valence-electron chi connectivity index (χ4n) is 3.09. The molecule has 0 bridgehead atoms. The van der Waals surface area contributed by atoms with Crippen molar-refractivity contribution in [2.75, 3.05) is 11.5 Å². The Morgan fingerprint density at radius 2 is 1.11 bits per heavy atom. The summed E-state index contributed by atoms with van der Waals surface area (Å²) in [6, 6.07) is 12.0. The van der Waals surface area contributed by atoms with Crippen molar-refractivity contribution >= 4 is 66.6 Å². The molecule has 6 nitrogen and oxygen atoms in total. The minimum atomic E-state index is -0.374. The SMILES string of the molecule is CC1(C)O[B]OC1(C)C.Cc1ccc(B2OC(C)(C)C(C)(C)O2)c(N)c1.Cc1ccc(I)c(N)c1.Cl. The van der Waals surface area contributed by atoms with E-state index in [1.807, 2.05) is 99.6 Å². The van der Waals surface area contributed by atoms with E-state index in [-0.39, 0.29) is 41.9 Å². The second kappa shape index (κ2) is 12.3. The standard InChI is InChI=1S/C13H20BNO2.C7H8IN.C6H12BO2.ClH/c1-9-6-7-10(11(15)8-9)14-16-12(2,3)13(4,5)17-14;1-5-2-3-6(8)7(9)4-5;1-5(2)6(3,4)9-7-8-5;/h6-8H,15H2,1-5H3;2-4H,9H2,1H3;1-4H3;1H. The number of halogens is 2. The van der Waals surface area contributed by atoms with Crippen LogP contribution in [-0.2, 0) is 18.6 Å². The van der Waals surface area contributed by atoms with Crippen LogP contribution in [0.5, 0.6) is 0 Å². The highest BCUT2D eigenvalue weighted by atomic mass is 127. The summed E-state index contributed by atoms with van der Waals surface area (Å²) in [7, 11) is 1.04. The van der Waals surface area contributed by atoms with Crippen molar-refractivity contribution in [2.45, 2.75) is 91.6 Å². The Bertz CT molecular complexity index is 1000. The van der Waals surface area contributed by atoms with Crippen LogP contribution < -0.4 is 16.9 Å². The molecule has 0 aromatic heterocycles. The van der Waals surface area contributed by atoms with Crippen molar-refractivity contribution in [3.63, 3.8) is 0 Å². The number of aryl methyl sites for hydroxylation is 2. The number of nitrogen functional groups attached to an aromatic ring is 2. The van der Waals surface area contributed by atoms with E-state index < -0.39 is 0 Å². The maximum absolute atomic E-state index is 6.02. The molecule has 4 N–H and O–H groups in total. The molecule has 2 heterocycles. The van der Waals surface area contributed by atoms with Gasteiger partial charge in [0.15, 0.2) is 0 Å². The van der Waals surface area contributed by atoms with Gasteiger partial charge in [-0.15, -0.1) is 12.4 Å². The van der Waals surface area contributed by atoms with Gasteiger partial charge >= 0.3 is 14.8 Å². The molecule has 1 radical (unpaired) electrons. The van der Waals surface area contributed by atoms with Gasteiger partial charge in [-0.1, -0.05) is 18.2 Å². The minimum absolute atomic E-state index is 0. The van der Waals surface area contributed by atoms with Crippen LogP contribution in [-0.4, -0.2) is 37.2 Å². The van der Waals surface area contributed by atoms with Crippen molar-refractivity contribution < 1.29 is 18.6 Å². The molecule has 0 atom stereocenters. The Hall–Kier alpha value is -0.970. The lowest BCUT2D eigenvalue weighted by molar-refractivity contribution is 0.00578. The number of benzene rings is 2. The van der Waals surface area contributed by atoms with Gasteiger partial charge in [-0.05, 0) is 121 Å². The monoisotopic (exact) mass is 629 g/mol. The van der Waals surface area contributed by atoms with Crippen molar-refractivity contribution in [3.8, 4) is 0 Å². The van der Waals surface area contributed by atoms with Crippen molar-refractivity contribution in [1.82, 2.24) is 0 Å². The third-order valence-corrected chi connectivity index (χ3v) is 8.02. The number of rotatable bonds is 1. The number of hydrogen-bond acceptors (Lipinski definition) is 6. The summed E-state index contributed by atoms with van der Waals surface area (Å²) >= 11 is 2.22. The maximum Gasteiger partial charge on any atom is 0.496 e. The van der Waals surface area contributed by atoms with Crippen molar-refractivity contribution in [3.05, 3.63) is 51.1 Å². The van der Waals surface area contributed by atoms with Crippen molar-refractivity contribution in [1.29, 1.82) is 0 Å². The Kier molecular flexibility index (Phi) is 11.3. The molecule has 2 fully saturated rings. The minimum Gasteiger partial charge on any atom is -0.405 e. The first-order valence-electron chi connectivity index (χ1n) is 11.8. The quantitative estimate of drug-likeness (QED) is 0.243. The van der Waals surface area contributed by atoms with Crippen LogP contribution in [0.4, 0.5) is 11.4 Å². The van der Waals surface area contributed by atoms with Gasteiger partial charge in [0.2, 0.25) is 0 Å². The van der Waals surface area contributed by atoms with Crippen LogP contribution >= 0.6 is 35.0 Å². The van der Waals surface area contributed by atoms with Gasteiger partial charge < -0.3 is 30.1 Å². The molecule has 10 heteroatoms. The molecule has 0 saturated carbocycles. The summed E-state index contributed by atoms with van der Waals surface area (Å²) in [5.41, 5.74) is 15.5. The zero-order valence-corrected chi connectivity index (χ0v) is 26.2. The second-order valence-electron chi connectivity index (χ2n) is 11.1. The molecule has 36 heavy (non-hydrogen) atoms. The number of anilines is 2. The first-order valence-corrected chi connectivity index (χ1v) is 12.9. The highest BCUT2D eigenvalue weighted by Crippen LogP contribution is 2.37. The molecule has 0 spiro atoms. The first kappa shape index (κ1) is 33.1. The smallest absolute Gasteiger partial charge is 0.405 e. The van der Waals surface area contributed by atoms with Crippen LogP contribution in [0.15, 0.2) is 36.4 Å². The highest BCUT2D eigenvalue weighted by molar-refractivity contribution is 14.1. The van der Waals surface area contributed by atoms with Gasteiger partial charge in [-0.25, -0.2) is 0 Å². The lowest BCUT2D eigenvalue weighted by Crippen LogP contribution is -2.41. The summed E-state index contributed by atoms with van der Waals surface area (Å²) in [5.74, 6) is 0. The zero-order valence-electron chi connectivity index (χ0n) is 23.2. The van der Waals surface area contributed by atoms with E-state index in [0.29, 0.717) is 0 Å². The van der Waals surface area contributed by atoms with Crippen LogP contribution in [0.1, 0.15) is 66.5 Å². The Balaban J connectivity index is 0.000000291. The molecule has 2 aliphatic rings. The Morgan fingerprint density at radius 3 is 1.44 bits per heavy atom. The van der Waals surface area contributed by atoms with Crippen LogP contribution in [0.3, 0.4) is 0 Å². The summed E-state index contributed by atoms with van der Waals surface area (Å²) in [6.07, 6.45) is 0. The van der Waals surface area contributed by atoms with Gasteiger partial charge in [0.1, 0.15) is 0 Å².